The van der Waals surface area contributed by atoms with E-state index in [4.69, 9.17) is 5.73 Å². The Labute approximate surface area is 138 Å². The summed E-state index contributed by atoms with van der Waals surface area (Å²) in [6.45, 7) is 9.25. The fraction of sp³-hybridized carbons (Fsp3) is 0.875. The number of anilines is 1. The molecule has 1 aromatic heterocycles. The molecule has 0 saturated carbocycles. The van der Waals surface area contributed by atoms with Crippen LogP contribution in [0.5, 0.6) is 0 Å². The number of nitrogen functional groups attached to an aromatic ring is 1. The number of rotatable bonds is 11. The Morgan fingerprint density at radius 3 is 2.19 bits per heavy atom. The van der Waals surface area contributed by atoms with Crippen molar-refractivity contribution in [1.82, 2.24) is 10.2 Å². The molecule has 0 spiro atoms. The van der Waals surface area contributed by atoms with Gasteiger partial charge in [-0.1, -0.05) is 76.5 Å². The minimum absolute atomic E-state index is 0.577. The van der Waals surface area contributed by atoms with Gasteiger partial charge >= 0.3 is 0 Å². The van der Waals surface area contributed by atoms with Crippen molar-refractivity contribution in [3.8, 4) is 0 Å². The van der Waals surface area contributed by atoms with Crippen LogP contribution < -0.4 is 5.73 Å². The van der Waals surface area contributed by atoms with Crippen molar-refractivity contribution in [3.05, 3.63) is 0 Å². The summed E-state index contributed by atoms with van der Waals surface area (Å²) in [6.07, 6.45) is 8.10. The molecule has 0 aliphatic heterocycles. The number of hydrogen-bond donors (Lipinski definition) is 1. The van der Waals surface area contributed by atoms with Crippen molar-refractivity contribution < 1.29 is 0 Å². The molecule has 0 bridgehead atoms. The van der Waals surface area contributed by atoms with Gasteiger partial charge in [0.05, 0.1) is 0 Å². The average molecular weight is 330 g/mol. The first-order valence-corrected chi connectivity index (χ1v) is 9.99. The van der Waals surface area contributed by atoms with Gasteiger partial charge in [-0.2, -0.15) is 0 Å². The van der Waals surface area contributed by atoms with Crippen LogP contribution in [0, 0.1) is 17.8 Å². The van der Waals surface area contributed by atoms with E-state index >= 15 is 0 Å². The molecule has 0 fully saturated rings. The minimum Gasteiger partial charge on any atom is -0.374 e. The summed E-state index contributed by atoms with van der Waals surface area (Å²) in [5, 5.41) is 8.58. The largest absolute Gasteiger partial charge is 0.374 e. The third-order valence-electron chi connectivity index (χ3n) is 3.66. The number of aromatic nitrogens is 2. The Kier molecular flexibility index (Phi) is 9.32. The summed E-state index contributed by atoms with van der Waals surface area (Å²) in [5.74, 6) is 3.58. The summed E-state index contributed by atoms with van der Waals surface area (Å²) in [4.78, 5) is 0. The topological polar surface area (TPSA) is 51.8 Å². The smallest absolute Gasteiger partial charge is 0.203 e. The fourth-order valence-corrected chi connectivity index (χ4v) is 4.18. The molecule has 122 valence electrons. The zero-order valence-corrected chi connectivity index (χ0v) is 15.6. The molecule has 1 rings (SSSR count). The van der Waals surface area contributed by atoms with Crippen LogP contribution in [0.25, 0.3) is 0 Å². The monoisotopic (exact) mass is 329 g/mol. The number of unbranched alkanes of at least 4 members (excludes halogenated alkanes) is 1. The van der Waals surface area contributed by atoms with Crippen LogP contribution in [0.4, 0.5) is 5.13 Å². The summed E-state index contributed by atoms with van der Waals surface area (Å²) >= 11 is 3.34. The van der Waals surface area contributed by atoms with Crippen LogP contribution in [0.3, 0.4) is 0 Å². The molecule has 0 saturated heterocycles. The van der Waals surface area contributed by atoms with Gasteiger partial charge in [0.15, 0.2) is 4.34 Å². The predicted molar refractivity (Wildman–Crippen MR) is 95.9 cm³/mol. The van der Waals surface area contributed by atoms with Crippen LogP contribution in [0.15, 0.2) is 4.34 Å². The van der Waals surface area contributed by atoms with Crippen molar-refractivity contribution in [2.45, 2.75) is 70.6 Å². The summed E-state index contributed by atoms with van der Waals surface area (Å²) in [5.41, 5.74) is 5.64. The molecule has 0 aliphatic carbocycles. The van der Waals surface area contributed by atoms with Crippen molar-refractivity contribution in [2.24, 2.45) is 17.8 Å². The van der Waals surface area contributed by atoms with Crippen molar-refractivity contribution in [1.29, 1.82) is 0 Å². The minimum atomic E-state index is 0.577. The Bertz CT molecular complexity index is 377. The van der Waals surface area contributed by atoms with Gasteiger partial charge in [0, 0.05) is 5.75 Å². The van der Waals surface area contributed by atoms with E-state index in [-0.39, 0.29) is 0 Å². The van der Waals surface area contributed by atoms with Gasteiger partial charge in [-0.25, -0.2) is 0 Å². The van der Waals surface area contributed by atoms with Crippen molar-refractivity contribution in [3.63, 3.8) is 0 Å². The maximum Gasteiger partial charge on any atom is 0.203 e. The molecule has 0 radical (unpaired) electrons. The highest BCUT2D eigenvalue weighted by atomic mass is 32.2. The third-order valence-corrected chi connectivity index (χ3v) is 5.78. The Morgan fingerprint density at radius 1 is 0.952 bits per heavy atom. The molecule has 1 atom stereocenters. The molecule has 3 nitrogen and oxygen atoms in total. The lowest BCUT2D eigenvalue weighted by Crippen LogP contribution is -2.06. The number of nitrogens with two attached hydrogens (primary N) is 1. The molecule has 21 heavy (non-hydrogen) atoms. The van der Waals surface area contributed by atoms with Gasteiger partial charge < -0.3 is 5.73 Å². The lowest BCUT2D eigenvalue weighted by atomic mass is 9.93. The summed E-state index contributed by atoms with van der Waals surface area (Å²) in [6, 6.07) is 0. The molecular formula is C16H31N3S2. The van der Waals surface area contributed by atoms with Crippen LogP contribution in [-0.2, 0) is 0 Å². The molecule has 0 aromatic carbocycles. The highest BCUT2D eigenvalue weighted by Gasteiger charge is 2.12. The molecule has 0 amide bonds. The maximum atomic E-state index is 5.64. The number of thioether (sulfide) groups is 1. The van der Waals surface area contributed by atoms with Gasteiger partial charge in [0.2, 0.25) is 5.13 Å². The SMILES string of the molecule is CC(C)CCCCC(CCC(C)C)CSc1nnc(N)s1. The normalized spacial score (nSPS) is 13.2. The molecule has 1 unspecified atom stereocenters. The standard InChI is InChI=1S/C16H31N3S2/c1-12(2)7-5-6-8-14(10-9-13(3)4)11-20-16-19-18-15(17)21-16/h12-14H,5-11H2,1-4H3,(H2,17,18). The van der Waals surface area contributed by atoms with Crippen LogP contribution in [0.2, 0.25) is 0 Å². The number of nitrogens with zero attached hydrogens (tertiary/aromatic N) is 2. The summed E-state index contributed by atoms with van der Waals surface area (Å²) < 4.78 is 1.02. The number of hydrogen-bond acceptors (Lipinski definition) is 5. The second-order valence-electron chi connectivity index (χ2n) is 6.73. The van der Waals surface area contributed by atoms with Gasteiger partial charge in [0.1, 0.15) is 0 Å². The van der Waals surface area contributed by atoms with Gasteiger partial charge in [-0.15, -0.1) is 10.2 Å². The Morgan fingerprint density at radius 2 is 1.62 bits per heavy atom. The zero-order valence-electron chi connectivity index (χ0n) is 14.0. The lowest BCUT2D eigenvalue weighted by Gasteiger charge is -2.17. The van der Waals surface area contributed by atoms with E-state index in [0.29, 0.717) is 5.13 Å². The Hall–Kier alpha value is -0.290. The first-order valence-electron chi connectivity index (χ1n) is 8.19. The van der Waals surface area contributed by atoms with E-state index in [2.05, 4.69) is 37.9 Å². The average Bonchev–Trinajstić information content (AvgIpc) is 2.82. The molecule has 1 heterocycles. The van der Waals surface area contributed by atoms with Gasteiger partial charge in [0.25, 0.3) is 0 Å². The first-order chi connectivity index (χ1) is 9.97. The Balaban J connectivity index is 2.32. The molecular weight excluding hydrogens is 298 g/mol. The van der Waals surface area contributed by atoms with Crippen LogP contribution >= 0.6 is 23.1 Å². The van der Waals surface area contributed by atoms with Crippen LogP contribution in [-0.4, -0.2) is 16.0 Å². The van der Waals surface area contributed by atoms with E-state index in [0.717, 1.165) is 27.8 Å². The second-order valence-corrected chi connectivity index (χ2v) is 9.01. The maximum absolute atomic E-state index is 5.64. The van der Waals surface area contributed by atoms with E-state index in [1.807, 2.05) is 11.8 Å². The second kappa shape index (κ2) is 10.4. The van der Waals surface area contributed by atoms with Crippen LogP contribution in [0.1, 0.15) is 66.2 Å². The zero-order chi connectivity index (χ0) is 15.7. The fourth-order valence-electron chi connectivity index (χ4n) is 2.33. The van der Waals surface area contributed by atoms with Gasteiger partial charge in [-0.3, -0.25) is 0 Å². The lowest BCUT2D eigenvalue weighted by molar-refractivity contribution is 0.409. The molecule has 5 heteroatoms. The van der Waals surface area contributed by atoms with Crippen molar-refractivity contribution in [2.75, 3.05) is 11.5 Å². The van der Waals surface area contributed by atoms with E-state index in [9.17, 15) is 0 Å². The first kappa shape index (κ1) is 18.8. The van der Waals surface area contributed by atoms with E-state index in [1.165, 1.54) is 49.9 Å². The van der Waals surface area contributed by atoms with E-state index in [1.54, 1.807) is 0 Å². The van der Waals surface area contributed by atoms with Crippen molar-refractivity contribution >= 4 is 28.2 Å². The predicted octanol–water partition coefficient (Wildman–Crippen LogP) is 5.48. The summed E-state index contributed by atoms with van der Waals surface area (Å²) in [7, 11) is 0. The highest BCUT2D eigenvalue weighted by molar-refractivity contribution is 8.01. The molecule has 2 N–H and O–H groups in total. The third kappa shape index (κ3) is 9.35. The quantitative estimate of drug-likeness (QED) is 0.431. The van der Waals surface area contributed by atoms with E-state index < -0.39 is 0 Å². The molecule has 0 aliphatic rings. The highest BCUT2D eigenvalue weighted by Crippen LogP contribution is 2.29. The van der Waals surface area contributed by atoms with Gasteiger partial charge in [-0.05, 0) is 30.6 Å². The molecule has 1 aromatic rings.